The highest BCUT2D eigenvalue weighted by Crippen LogP contribution is 2.22. The molecule has 0 saturated carbocycles. The lowest BCUT2D eigenvalue weighted by atomic mass is 10.00. The zero-order valence-corrected chi connectivity index (χ0v) is 10.4. The van der Waals surface area contributed by atoms with E-state index in [2.05, 4.69) is 6.07 Å². The van der Waals surface area contributed by atoms with Crippen molar-refractivity contribution in [1.82, 2.24) is 0 Å². The second-order valence-corrected chi connectivity index (χ2v) is 4.18. The van der Waals surface area contributed by atoms with Gasteiger partial charge < -0.3 is 5.11 Å². The maximum absolute atomic E-state index is 10.7. The van der Waals surface area contributed by atoms with Crippen molar-refractivity contribution in [1.29, 1.82) is 5.26 Å². The summed E-state index contributed by atoms with van der Waals surface area (Å²) in [7, 11) is 0. The van der Waals surface area contributed by atoms with Gasteiger partial charge in [-0.25, -0.2) is 0 Å². The fourth-order valence-corrected chi connectivity index (χ4v) is 2.26. The van der Waals surface area contributed by atoms with E-state index >= 15 is 0 Å². The van der Waals surface area contributed by atoms with E-state index < -0.39 is 5.97 Å². The zero-order valence-electron chi connectivity index (χ0n) is 8.25. The van der Waals surface area contributed by atoms with E-state index in [4.69, 9.17) is 10.4 Å². The summed E-state index contributed by atoms with van der Waals surface area (Å²) in [6.07, 6.45) is 0.765. The van der Waals surface area contributed by atoms with Gasteiger partial charge in [0.15, 0.2) is 0 Å². The Bertz CT molecular complexity index is 435. The number of aryl methyl sites for hydroxylation is 1. The van der Waals surface area contributed by atoms with Gasteiger partial charge in [-0.2, -0.15) is 5.26 Å². The molecule has 0 bridgehead atoms. The van der Waals surface area contributed by atoms with Crippen molar-refractivity contribution < 1.29 is 9.90 Å². The van der Waals surface area contributed by atoms with Crippen LogP contribution in [0.2, 0.25) is 0 Å². The van der Waals surface area contributed by atoms with Crippen LogP contribution < -0.4 is 0 Å². The summed E-state index contributed by atoms with van der Waals surface area (Å²) < 4.78 is 0.761. The Morgan fingerprint density at radius 2 is 2.27 bits per heavy atom. The highest BCUT2D eigenvalue weighted by Gasteiger charge is 2.12. The highest BCUT2D eigenvalue weighted by atomic mass is 127. The Morgan fingerprint density at radius 1 is 1.60 bits per heavy atom. The van der Waals surface area contributed by atoms with E-state index in [-0.39, 0.29) is 6.42 Å². The average molecular weight is 315 g/mol. The summed E-state index contributed by atoms with van der Waals surface area (Å²) >= 11 is 2.04. The number of carbonyl (C=O) groups is 1. The zero-order chi connectivity index (χ0) is 11.4. The number of carboxylic acid groups (broad SMARTS) is 1. The number of rotatable bonds is 3. The first-order chi connectivity index (χ1) is 7.10. The molecule has 4 heteroatoms. The molecular formula is C11H10INO2. The molecule has 78 valence electrons. The second kappa shape index (κ2) is 5.12. The standard InChI is InChI=1S/C11H10INO2/c1-2-7-3-4-8(6-13)11(12)9(7)5-10(14)15/h3-4H,2,5H2,1H3,(H,14,15). The van der Waals surface area contributed by atoms with Gasteiger partial charge >= 0.3 is 5.97 Å². The van der Waals surface area contributed by atoms with E-state index in [1.54, 1.807) is 6.07 Å². The van der Waals surface area contributed by atoms with Crippen LogP contribution in [0.3, 0.4) is 0 Å². The van der Waals surface area contributed by atoms with Crippen molar-refractivity contribution in [2.24, 2.45) is 0 Å². The lowest BCUT2D eigenvalue weighted by Crippen LogP contribution is -2.06. The predicted octanol–water partition coefficient (Wildman–Crippen LogP) is 2.35. The molecular weight excluding hydrogens is 305 g/mol. The van der Waals surface area contributed by atoms with Crippen LogP contribution >= 0.6 is 22.6 Å². The third kappa shape index (κ3) is 2.69. The van der Waals surface area contributed by atoms with Gasteiger partial charge in [0.05, 0.1) is 12.0 Å². The minimum Gasteiger partial charge on any atom is -0.481 e. The molecule has 0 aliphatic rings. The van der Waals surface area contributed by atoms with Gasteiger partial charge in [-0.15, -0.1) is 0 Å². The first kappa shape index (κ1) is 12.0. The SMILES string of the molecule is CCc1ccc(C#N)c(I)c1CC(=O)O. The van der Waals surface area contributed by atoms with E-state index in [1.165, 1.54) is 0 Å². The fraction of sp³-hybridized carbons (Fsp3) is 0.273. The van der Waals surface area contributed by atoms with Gasteiger partial charge in [0, 0.05) is 3.57 Å². The largest absolute Gasteiger partial charge is 0.481 e. The smallest absolute Gasteiger partial charge is 0.307 e. The maximum Gasteiger partial charge on any atom is 0.307 e. The Balaban J connectivity index is 3.30. The van der Waals surface area contributed by atoms with Crippen molar-refractivity contribution in [2.75, 3.05) is 0 Å². The minimum atomic E-state index is -0.863. The summed E-state index contributed by atoms with van der Waals surface area (Å²) in [6, 6.07) is 5.63. The molecule has 1 aromatic carbocycles. The lowest BCUT2D eigenvalue weighted by Gasteiger charge is -2.09. The minimum absolute atomic E-state index is 0.0169. The van der Waals surface area contributed by atoms with Crippen molar-refractivity contribution in [3.05, 3.63) is 32.4 Å². The second-order valence-electron chi connectivity index (χ2n) is 3.10. The number of nitriles is 1. The van der Waals surface area contributed by atoms with Gasteiger partial charge in [0.25, 0.3) is 0 Å². The molecule has 3 nitrogen and oxygen atoms in total. The molecule has 0 spiro atoms. The van der Waals surface area contributed by atoms with Crippen molar-refractivity contribution in [2.45, 2.75) is 19.8 Å². The van der Waals surface area contributed by atoms with Crippen LogP contribution in [0.1, 0.15) is 23.6 Å². The number of nitrogens with zero attached hydrogens (tertiary/aromatic N) is 1. The van der Waals surface area contributed by atoms with Gasteiger partial charge in [0.2, 0.25) is 0 Å². The topological polar surface area (TPSA) is 61.1 Å². The quantitative estimate of drug-likeness (QED) is 0.871. The van der Waals surface area contributed by atoms with Crippen LogP contribution in [-0.4, -0.2) is 11.1 Å². The summed E-state index contributed by atoms with van der Waals surface area (Å²) in [5.41, 5.74) is 2.31. The van der Waals surface area contributed by atoms with Crippen molar-refractivity contribution in [3.63, 3.8) is 0 Å². The lowest BCUT2D eigenvalue weighted by molar-refractivity contribution is -0.136. The van der Waals surface area contributed by atoms with Crippen molar-refractivity contribution in [3.8, 4) is 6.07 Å². The number of benzene rings is 1. The molecule has 0 saturated heterocycles. The summed E-state index contributed by atoms with van der Waals surface area (Å²) in [5.74, 6) is -0.863. The van der Waals surface area contributed by atoms with Crippen LogP contribution in [0.4, 0.5) is 0 Å². The molecule has 1 rings (SSSR count). The Morgan fingerprint density at radius 3 is 2.73 bits per heavy atom. The van der Waals surface area contributed by atoms with Crippen LogP contribution in [-0.2, 0) is 17.6 Å². The monoisotopic (exact) mass is 315 g/mol. The number of aliphatic carboxylic acids is 1. The van der Waals surface area contributed by atoms with Gasteiger partial charge in [-0.3, -0.25) is 4.79 Å². The molecule has 0 heterocycles. The predicted molar refractivity (Wildman–Crippen MR) is 64.6 cm³/mol. The third-order valence-corrected chi connectivity index (χ3v) is 3.40. The molecule has 0 aromatic heterocycles. The normalized spacial score (nSPS) is 9.67. The molecule has 0 amide bonds. The average Bonchev–Trinajstić information content (AvgIpc) is 2.20. The fourth-order valence-electron chi connectivity index (χ4n) is 1.42. The molecule has 0 radical (unpaired) electrons. The van der Waals surface area contributed by atoms with Gasteiger partial charge in [-0.05, 0) is 46.2 Å². The van der Waals surface area contributed by atoms with Crippen LogP contribution in [0.5, 0.6) is 0 Å². The molecule has 1 aromatic rings. The summed E-state index contributed by atoms with van der Waals surface area (Å²) in [5, 5.41) is 17.6. The molecule has 0 aliphatic carbocycles. The van der Waals surface area contributed by atoms with Gasteiger partial charge in [0.1, 0.15) is 6.07 Å². The van der Waals surface area contributed by atoms with E-state index in [0.29, 0.717) is 5.56 Å². The Hall–Kier alpha value is -1.09. The van der Waals surface area contributed by atoms with Crippen LogP contribution in [0.15, 0.2) is 12.1 Å². The number of hydrogen-bond donors (Lipinski definition) is 1. The molecule has 0 atom stereocenters. The number of carboxylic acids is 1. The summed E-state index contributed by atoms with van der Waals surface area (Å²) in [4.78, 5) is 10.7. The molecule has 0 fully saturated rings. The van der Waals surface area contributed by atoms with E-state index in [9.17, 15) is 4.79 Å². The van der Waals surface area contributed by atoms with Crippen molar-refractivity contribution >= 4 is 28.6 Å². The molecule has 0 aliphatic heterocycles. The first-order valence-corrected chi connectivity index (χ1v) is 5.60. The first-order valence-electron chi connectivity index (χ1n) is 4.52. The van der Waals surface area contributed by atoms with E-state index in [1.807, 2.05) is 35.6 Å². The third-order valence-electron chi connectivity index (χ3n) is 2.17. The van der Waals surface area contributed by atoms with Gasteiger partial charge in [-0.1, -0.05) is 13.0 Å². The van der Waals surface area contributed by atoms with Crippen LogP contribution in [0.25, 0.3) is 0 Å². The van der Waals surface area contributed by atoms with E-state index in [0.717, 1.165) is 21.1 Å². The molecule has 1 N–H and O–H groups in total. The van der Waals surface area contributed by atoms with Crippen LogP contribution in [0, 0.1) is 14.9 Å². The molecule has 0 unspecified atom stereocenters. The Labute approximate surface area is 102 Å². The highest BCUT2D eigenvalue weighted by molar-refractivity contribution is 14.1. The number of hydrogen-bond acceptors (Lipinski definition) is 2. The number of halogens is 1. The summed E-state index contributed by atoms with van der Waals surface area (Å²) in [6.45, 7) is 1.98. The Kier molecular flexibility index (Phi) is 4.09. The molecule has 15 heavy (non-hydrogen) atoms. The maximum atomic E-state index is 10.7.